The molecule has 0 bridgehead atoms. The van der Waals surface area contributed by atoms with Gasteiger partial charge in [0.2, 0.25) is 0 Å². The van der Waals surface area contributed by atoms with Gasteiger partial charge in [-0.3, -0.25) is 0 Å². The molecule has 2 atom stereocenters. The molecular weight excluding hydrogens is 132 g/mol. The predicted molar refractivity (Wildman–Crippen MR) is 37.7 cm³/mol. The minimum absolute atomic E-state index is 0.283. The lowest BCUT2D eigenvalue weighted by Gasteiger charge is -2.09. The van der Waals surface area contributed by atoms with E-state index in [9.17, 15) is 4.79 Å². The lowest BCUT2D eigenvalue weighted by molar-refractivity contribution is -0.147. The van der Waals surface area contributed by atoms with Crippen LogP contribution in [0.15, 0.2) is 0 Å². The van der Waals surface area contributed by atoms with Crippen LogP contribution in [0.3, 0.4) is 0 Å². The van der Waals surface area contributed by atoms with Crippen molar-refractivity contribution in [1.82, 2.24) is 0 Å². The molecular formula is C7H14O3. The highest BCUT2D eigenvalue weighted by Crippen LogP contribution is 2.09. The van der Waals surface area contributed by atoms with Crippen LogP contribution in [-0.4, -0.2) is 22.3 Å². The zero-order chi connectivity index (χ0) is 8.15. The lowest BCUT2D eigenvalue weighted by Crippen LogP contribution is -2.21. The Balaban J connectivity index is 3.56. The lowest BCUT2D eigenvalue weighted by atomic mass is 10.0. The van der Waals surface area contributed by atoms with E-state index >= 15 is 0 Å². The number of aliphatic hydroxyl groups is 1. The zero-order valence-corrected chi connectivity index (χ0v) is 6.37. The Morgan fingerprint density at radius 3 is 2.40 bits per heavy atom. The first-order chi connectivity index (χ1) is 4.57. The van der Waals surface area contributed by atoms with Gasteiger partial charge in [-0.1, -0.05) is 20.3 Å². The van der Waals surface area contributed by atoms with Gasteiger partial charge in [-0.05, 0) is 12.3 Å². The Hall–Kier alpha value is -0.570. The molecule has 0 fully saturated rings. The third-order valence-corrected chi connectivity index (χ3v) is 1.61. The molecule has 0 spiro atoms. The SMILES string of the molecule is CC[C@H](C)C[C@H](O)C(=O)O. The number of carbonyl (C=O) groups is 1. The molecule has 0 aromatic heterocycles. The highest BCUT2D eigenvalue weighted by molar-refractivity contribution is 5.71. The number of carboxylic acid groups (broad SMARTS) is 1. The van der Waals surface area contributed by atoms with E-state index in [-0.39, 0.29) is 5.92 Å². The first kappa shape index (κ1) is 9.43. The van der Waals surface area contributed by atoms with Crippen molar-refractivity contribution in [3.63, 3.8) is 0 Å². The molecule has 0 heterocycles. The van der Waals surface area contributed by atoms with E-state index in [4.69, 9.17) is 10.2 Å². The number of rotatable bonds is 4. The van der Waals surface area contributed by atoms with E-state index in [1.807, 2.05) is 13.8 Å². The molecule has 0 saturated heterocycles. The molecule has 60 valence electrons. The third-order valence-electron chi connectivity index (χ3n) is 1.61. The van der Waals surface area contributed by atoms with Gasteiger partial charge < -0.3 is 10.2 Å². The summed E-state index contributed by atoms with van der Waals surface area (Å²) in [6.07, 6.45) is 0.0749. The maximum Gasteiger partial charge on any atom is 0.332 e. The predicted octanol–water partition coefficient (Wildman–Crippen LogP) is 0.868. The Bertz CT molecular complexity index is 111. The summed E-state index contributed by atoms with van der Waals surface area (Å²) in [7, 11) is 0. The van der Waals surface area contributed by atoms with Crippen molar-refractivity contribution < 1.29 is 15.0 Å². The Morgan fingerprint density at radius 2 is 2.10 bits per heavy atom. The minimum atomic E-state index is -1.19. The monoisotopic (exact) mass is 146 g/mol. The van der Waals surface area contributed by atoms with E-state index in [1.54, 1.807) is 0 Å². The number of hydrogen-bond donors (Lipinski definition) is 2. The molecule has 0 aromatic carbocycles. The zero-order valence-electron chi connectivity index (χ0n) is 6.37. The van der Waals surface area contributed by atoms with Crippen LogP contribution in [0.4, 0.5) is 0 Å². The third kappa shape index (κ3) is 3.45. The highest BCUT2D eigenvalue weighted by Gasteiger charge is 2.15. The maximum atomic E-state index is 10.1. The molecule has 0 saturated carbocycles. The Labute approximate surface area is 60.7 Å². The molecule has 0 aromatic rings. The van der Waals surface area contributed by atoms with E-state index in [1.165, 1.54) is 0 Å². The molecule has 3 nitrogen and oxygen atoms in total. The number of aliphatic hydroxyl groups excluding tert-OH is 1. The fourth-order valence-electron chi connectivity index (χ4n) is 0.649. The standard InChI is InChI=1S/C7H14O3/c1-3-5(2)4-6(8)7(9)10/h5-6,8H,3-4H2,1-2H3,(H,9,10)/t5-,6-/m0/s1. The van der Waals surface area contributed by atoms with Crippen LogP contribution in [0.25, 0.3) is 0 Å². The fraction of sp³-hybridized carbons (Fsp3) is 0.857. The van der Waals surface area contributed by atoms with Gasteiger partial charge in [0, 0.05) is 0 Å². The van der Waals surface area contributed by atoms with Gasteiger partial charge in [0.15, 0.2) is 6.10 Å². The average molecular weight is 146 g/mol. The summed E-state index contributed by atoms with van der Waals surface area (Å²) in [5.74, 6) is -0.841. The van der Waals surface area contributed by atoms with Crippen molar-refractivity contribution in [3.8, 4) is 0 Å². The van der Waals surface area contributed by atoms with Gasteiger partial charge in [-0.15, -0.1) is 0 Å². The quantitative estimate of drug-likeness (QED) is 0.618. The fourth-order valence-corrected chi connectivity index (χ4v) is 0.649. The Kier molecular flexibility index (Phi) is 4.03. The van der Waals surface area contributed by atoms with Crippen LogP contribution in [0.1, 0.15) is 26.7 Å². The molecule has 0 aliphatic heterocycles. The van der Waals surface area contributed by atoms with E-state index in [0.29, 0.717) is 6.42 Å². The van der Waals surface area contributed by atoms with Crippen molar-refractivity contribution in [2.75, 3.05) is 0 Å². The summed E-state index contributed by atoms with van der Waals surface area (Å²) in [6, 6.07) is 0. The maximum absolute atomic E-state index is 10.1. The first-order valence-electron chi connectivity index (χ1n) is 3.48. The van der Waals surface area contributed by atoms with Gasteiger partial charge >= 0.3 is 5.97 Å². The summed E-state index contributed by atoms with van der Waals surface area (Å²) in [5.41, 5.74) is 0. The van der Waals surface area contributed by atoms with Crippen molar-refractivity contribution in [1.29, 1.82) is 0 Å². The van der Waals surface area contributed by atoms with Gasteiger partial charge in [-0.2, -0.15) is 0 Å². The van der Waals surface area contributed by atoms with Crippen molar-refractivity contribution in [2.24, 2.45) is 5.92 Å². The van der Waals surface area contributed by atoms with Crippen LogP contribution in [0, 0.1) is 5.92 Å². The number of hydrogen-bond acceptors (Lipinski definition) is 2. The van der Waals surface area contributed by atoms with Crippen molar-refractivity contribution in [3.05, 3.63) is 0 Å². The normalized spacial score (nSPS) is 16.3. The average Bonchev–Trinajstić information content (AvgIpc) is 1.87. The van der Waals surface area contributed by atoms with Crippen LogP contribution in [0.2, 0.25) is 0 Å². The van der Waals surface area contributed by atoms with Crippen LogP contribution >= 0.6 is 0 Å². The molecule has 0 rings (SSSR count). The summed E-state index contributed by atoms with van der Waals surface area (Å²) >= 11 is 0. The highest BCUT2D eigenvalue weighted by atomic mass is 16.4. The second-order valence-electron chi connectivity index (χ2n) is 2.60. The van der Waals surface area contributed by atoms with Gasteiger partial charge in [0.1, 0.15) is 0 Å². The second kappa shape index (κ2) is 4.28. The molecule has 0 aliphatic carbocycles. The van der Waals surface area contributed by atoms with Crippen molar-refractivity contribution in [2.45, 2.75) is 32.8 Å². The molecule has 0 aliphatic rings. The molecule has 0 amide bonds. The van der Waals surface area contributed by atoms with E-state index in [2.05, 4.69) is 0 Å². The molecule has 10 heavy (non-hydrogen) atoms. The van der Waals surface area contributed by atoms with E-state index in [0.717, 1.165) is 6.42 Å². The van der Waals surface area contributed by atoms with Crippen LogP contribution in [-0.2, 0) is 4.79 Å². The van der Waals surface area contributed by atoms with Crippen LogP contribution < -0.4 is 0 Å². The number of carboxylic acids is 1. The molecule has 3 heteroatoms. The largest absolute Gasteiger partial charge is 0.479 e. The summed E-state index contributed by atoms with van der Waals surface area (Å²) in [6.45, 7) is 3.89. The summed E-state index contributed by atoms with van der Waals surface area (Å²) < 4.78 is 0. The van der Waals surface area contributed by atoms with Crippen molar-refractivity contribution >= 4 is 5.97 Å². The first-order valence-corrected chi connectivity index (χ1v) is 3.48. The minimum Gasteiger partial charge on any atom is -0.479 e. The number of aliphatic carboxylic acids is 1. The van der Waals surface area contributed by atoms with E-state index < -0.39 is 12.1 Å². The molecule has 0 unspecified atom stereocenters. The topological polar surface area (TPSA) is 57.5 Å². The second-order valence-corrected chi connectivity index (χ2v) is 2.60. The van der Waals surface area contributed by atoms with Gasteiger partial charge in [0.05, 0.1) is 0 Å². The Morgan fingerprint density at radius 1 is 1.60 bits per heavy atom. The van der Waals surface area contributed by atoms with Gasteiger partial charge in [0.25, 0.3) is 0 Å². The summed E-state index contributed by atoms with van der Waals surface area (Å²) in [4.78, 5) is 10.1. The van der Waals surface area contributed by atoms with Gasteiger partial charge in [-0.25, -0.2) is 4.79 Å². The molecule has 0 radical (unpaired) electrons. The summed E-state index contributed by atoms with van der Waals surface area (Å²) in [5, 5.41) is 17.1. The smallest absolute Gasteiger partial charge is 0.332 e. The van der Waals surface area contributed by atoms with Crippen LogP contribution in [0.5, 0.6) is 0 Å². The molecule has 2 N–H and O–H groups in total.